The molecule has 0 radical (unpaired) electrons. The van der Waals surface area contributed by atoms with E-state index in [1.54, 1.807) is 30.0 Å². The van der Waals surface area contributed by atoms with Gasteiger partial charge in [0, 0.05) is 32.1 Å². The number of sulfonamides is 1. The average Bonchev–Trinajstić information content (AvgIpc) is 2.64. The summed E-state index contributed by atoms with van der Waals surface area (Å²) < 4.78 is 32.1. The molecule has 2 amide bonds. The Balaban J connectivity index is 1.74. The number of hydrogen-bond acceptors (Lipinski definition) is 5. The molecule has 156 valence electrons. The van der Waals surface area contributed by atoms with Gasteiger partial charge < -0.3 is 15.0 Å². The number of carbonyl (C=O) groups excluding carboxylic acids is 2. The Labute approximate surface area is 166 Å². The minimum absolute atomic E-state index is 0.0190. The lowest BCUT2D eigenvalue weighted by molar-refractivity contribution is -0.121. The molecule has 0 atom stereocenters. The van der Waals surface area contributed by atoms with Crippen LogP contribution >= 0.6 is 0 Å². The van der Waals surface area contributed by atoms with Gasteiger partial charge >= 0.3 is 6.09 Å². The molecule has 0 aromatic heterocycles. The van der Waals surface area contributed by atoms with Gasteiger partial charge in [-0.05, 0) is 56.9 Å². The highest BCUT2D eigenvalue weighted by Crippen LogP contribution is 2.15. The van der Waals surface area contributed by atoms with Gasteiger partial charge in [-0.15, -0.1) is 0 Å². The molecule has 9 heteroatoms. The molecule has 2 N–H and O–H groups in total. The lowest BCUT2D eigenvalue weighted by atomic mass is 10.1. The van der Waals surface area contributed by atoms with Crippen LogP contribution in [0.5, 0.6) is 0 Å². The van der Waals surface area contributed by atoms with Gasteiger partial charge in [0.15, 0.2) is 0 Å². The summed E-state index contributed by atoms with van der Waals surface area (Å²) in [7, 11) is -3.64. The molecule has 0 aliphatic carbocycles. The van der Waals surface area contributed by atoms with Crippen LogP contribution in [0.15, 0.2) is 23.1 Å². The molecule has 28 heavy (non-hydrogen) atoms. The first kappa shape index (κ1) is 22.2. The van der Waals surface area contributed by atoms with Crippen molar-refractivity contribution < 1.29 is 22.7 Å². The van der Waals surface area contributed by atoms with Gasteiger partial charge in [0.25, 0.3) is 0 Å². The number of hydrogen-bond donors (Lipinski definition) is 2. The van der Waals surface area contributed by atoms with Gasteiger partial charge in [-0.25, -0.2) is 17.9 Å². The fraction of sp³-hybridized carbons (Fsp3) is 0.579. The second-order valence-electron chi connectivity index (χ2n) is 6.92. The second kappa shape index (κ2) is 9.88. The van der Waals surface area contributed by atoms with E-state index in [1.165, 1.54) is 0 Å². The van der Waals surface area contributed by atoms with E-state index in [9.17, 15) is 18.0 Å². The Hall–Kier alpha value is -2.13. The van der Waals surface area contributed by atoms with Crippen LogP contribution in [0.2, 0.25) is 0 Å². The number of likely N-dealkylation sites (tertiary alicyclic amines) is 1. The Morgan fingerprint density at radius 1 is 1.18 bits per heavy atom. The molecule has 1 aliphatic rings. The highest BCUT2D eigenvalue weighted by Gasteiger charge is 2.24. The molecular formula is C19H29N3O5S. The number of amides is 2. The minimum Gasteiger partial charge on any atom is -0.450 e. The zero-order chi connectivity index (χ0) is 20.7. The van der Waals surface area contributed by atoms with Crippen LogP contribution in [0.25, 0.3) is 0 Å². The largest absolute Gasteiger partial charge is 0.450 e. The number of ether oxygens (including phenoxy) is 1. The Bertz CT molecular complexity index is 802. The first-order chi connectivity index (χ1) is 13.2. The smallest absolute Gasteiger partial charge is 0.409 e. The van der Waals surface area contributed by atoms with Gasteiger partial charge in [-0.1, -0.05) is 6.07 Å². The second-order valence-corrected chi connectivity index (χ2v) is 8.69. The molecule has 0 unspecified atom stereocenters. The number of aryl methyl sites for hydroxylation is 2. The van der Waals surface area contributed by atoms with Crippen molar-refractivity contribution in [3.05, 3.63) is 29.3 Å². The van der Waals surface area contributed by atoms with Crippen molar-refractivity contribution in [3.8, 4) is 0 Å². The predicted octanol–water partition coefficient (Wildman–Crippen LogP) is 1.71. The topological polar surface area (TPSA) is 105 Å². The lowest BCUT2D eigenvalue weighted by Crippen LogP contribution is -2.47. The fourth-order valence-corrected chi connectivity index (χ4v) is 4.10. The quantitative estimate of drug-likeness (QED) is 0.711. The molecule has 1 aromatic rings. The summed E-state index contributed by atoms with van der Waals surface area (Å²) in [5.74, 6) is -0.211. The van der Waals surface area contributed by atoms with Crippen molar-refractivity contribution in [3.63, 3.8) is 0 Å². The van der Waals surface area contributed by atoms with E-state index >= 15 is 0 Å². The first-order valence-electron chi connectivity index (χ1n) is 9.51. The van der Waals surface area contributed by atoms with E-state index in [1.807, 2.05) is 13.8 Å². The normalized spacial score (nSPS) is 15.3. The van der Waals surface area contributed by atoms with Crippen LogP contribution in [-0.4, -0.2) is 57.6 Å². The van der Waals surface area contributed by atoms with Crippen molar-refractivity contribution in [2.45, 2.75) is 51.0 Å². The zero-order valence-electron chi connectivity index (χ0n) is 16.7. The number of nitrogens with one attached hydrogen (secondary N) is 2. The van der Waals surface area contributed by atoms with Gasteiger partial charge in [-0.2, -0.15) is 0 Å². The zero-order valence-corrected chi connectivity index (χ0v) is 17.5. The van der Waals surface area contributed by atoms with E-state index < -0.39 is 10.0 Å². The van der Waals surface area contributed by atoms with Crippen LogP contribution < -0.4 is 10.0 Å². The van der Waals surface area contributed by atoms with Crippen LogP contribution in [0.1, 0.15) is 37.3 Å². The lowest BCUT2D eigenvalue weighted by Gasteiger charge is -2.31. The fourth-order valence-electron chi connectivity index (χ4n) is 2.98. The summed E-state index contributed by atoms with van der Waals surface area (Å²) in [6.07, 6.45) is 1.04. The van der Waals surface area contributed by atoms with E-state index in [0.717, 1.165) is 11.1 Å². The first-order valence-corrected chi connectivity index (χ1v) is 11.0. The molecule has 0 spiro atoms. The Morgan fingerprint density at radius 3 is 2.46 bits per heavy atom. The summed E-state index contributed by atoms with van der Waals surface area (Å²) in [6.45, 7) is 6.97. The molecule has 0 bridgehead atoms. The SMILES string of the molecule is CCOC(=O)N1CCC(NC(=O)CCNS(=O)(=O)c2ccc(C)c(C)c2)CC1. The monoisotopic (exact) mass is 411 g/mol. The molecule has 8 nitrogen and oxygen atoms in total. The summed E-state index contributed by atoms with van der Waals surface area (Å²) >= 11 is 0. The number of benzene rings is 1. The number of carbonyl (C=O) groups is 2. The maximum absolute atomic E-state index is 12.3. The van der Waals surface area contributed by atoms with Crippen molar-refractivity contribution >= 4 is 22.0 Å². The van der Waals surface area contributed by atoms with Gasteiger partial charge in [0.05, 0.1) is 11.5 Å². The minimum atomic E-state index is -3.64. The number of piperidine rings is 1. The van der Waals surface area contributed by atoms with E-state index in [0.29, 0.717) is 32.5 Å². The molecule has 2 rings (SSSR count). The molecule has 1 saturated heterocycles. The molecular weight excluding hydrogens is 382 g/mol. The van der Waals surface area contributed by atoms with Crippen molar-refractivity contribution in [2.24, 2.45) is 0 Å². The average molecular weight is 412 g/mol. The van der Waals surface area contributed by atoms with Gasteiger partial charge in [-0.3, -0.25) is 4.79 Å². The number of nitrogens with zero attached hydrogens (tertiary/aromatic N) is 1. The number of rotatable bonds is 7. The third kappa shape index (κ3) is 6.20. The Kier molecular flexibility index (Phi) is 7.82. The van der Waals surface area contributed by atoms with Crippen molar-refractivity contribution in [1.29, 1.82) is 0 Å². The maximum atomic E-state index is 12.3. The summed E-state index contributed by atoms with van der Waals surface area (Å²) in [5.41, 5.74) is 1.92. The van der Waals surface area contributed by atoms with Gasteiger partial charge in [0.1, 0.15) is 0 Å². The molecule has 1 aliphatic heterocycles. The van der Waals surface area contributed by atoms with E-state index in [-0.39, 0.29) is 35.9 Å². The summed E-state index contributed by atoms with van der Waals surface area (Å²) in [4.78, 5) is 25.6. The maximum Gasteiger partial charge on any atom is 0.409 e. The van der Waals surface area contributed by atoms with Crippen LogP contribution in [0.4, 0.5) is 4.79 Å². The van der Waals surface area contributed by atoms with Gasteiger partial charge in [0.2, 0.25) is 15.9 Å². The van der Waals surface area contributed by atoms with E-state index in [4.69, 9.17) is 4.74 Å². The molecule has 1 heterocycles. The van der Waals surface area contributed by atoms with Crippen molar-refractivity contribution in [2.75, 3.05) is 26.2 Å². The van der Waals surface area contributed by atoms with Crippen LogP contribution in [-0.2, 0) is 19.6 Å². The standard InChI is InChI=1S/C19H29N3O5S/c1-4-27-19(24)22-11-8-16(9-12-22)21-18(23)7-10-20-28(25,26)17-6-5-14(2)15(3)13-17/h5-6,13,16,20H,4,7-12H2,1-3H3,(H,21,23). The third-order valence-electron chi connectivity index (χ3n) is 4.82. The highest BCUT2D eigenvalue weighted by molar-refractivity contribution is 7.89. The molecule has 1 fully saturated rings. The van der Waals surface area contributed by atoms with Crippen molar-refractivity contribution in [1.82, 2.24) is 14.9 Å². The van der Waals surface area contributed by atoms with E-state index in [2.05, 4.69) is 10.0 Å². The van der Waals surface area contributed by atoms with Crippen LogP contribution in [0.3, 0.4) is 0 Å². The highest BCUT2D eigenvalue weighted by atomic mass is 32.2. The summed E-state index contributed by atoms with van der Waals surface area (Å²) in [6, 6.07) is 4.92. The Morgan fingerprint density at radius 2 is 1.86 bits per heavy atom. The van der Waals surface area contributed by atoms with Crippen LogP contribution in [0, 0.1) is 13.8 Å². The summed E-state index contributed by atoms with van der Waals surface area (Å²) in [5, 5.41) is 2.90. The third-order valence-corrected chi connectivity index (χ3v) is 6.28. The molecule has 1 aromatic carbocycles. The molecule has 0 saturated carbocycles. The predicted molar refractivity (Wildman–Crippen MR) is 105 cm³/mol.